The van der Waals surface area contributed by atoms with Gasteiger partial charge in [0.25, 0.3) is 0 Å². The number of nitrogens with zero attached hydrogens (tertiary/aromatic N) is 3. The highest BCUT2D eigenvalue weighted by Crippen LogP contribution is 2.26. The summed E-state index contributed by atoms with van der Waals surface area (Å²) < 4.78 is 10.4. The van der Waals surface area contributed by atoms with Gasteiger partial charge in [-0.3, -0.25) is 4.79 Å². The largest absolute Gasteiger partial charge is 0.497 e. The lowest BCUT2D eigenvalue weighted by molar-refractivity contribution is -0.133. The van der Waals surface area contributed by atoms with Crippen molar-refractivity contribution in [3.8, 4) is 5.75 Å². The van der Waals surface area contributed by atoms with Crippen molar-refractivity contribution in [2.75, 3.05) is 20.2 Å². The predicted molar refractivity (Wildman–Crippen MR) is 84.3 cm³/mol. The van der Waals surface area contributed by atoms with Crippen molar-refractivity contribution in [1.82, 2.24) is 15.0 Å². The molecule has 6 nitrogen and oxygen atoms in total. The van der Waals surface area contributed by atoms with E-state index in [1.807, 2.05) is 36.1 Å². The summed E-state index contributed by atoms with van der Waals surface area (Å²) in [7, 11) is 1.65. The normalized spacial score (nSPS) is 18.3. The molecular formula is C17H21N3O3. The number of benzene rings is 1. The second-order valence-corrected chi connectivity index (χ2v) is 5.85. The Hall–Kier alpha value is -2.37. The Labute approximate surface area is 135 Å². The molecule has 1 aliphatic rings. The summed E-state index contributed by atoms with van der Waals surface area (Å²) in [5.74, 6) is 2.47. The summed E-state index contributed by atoms with van der Waals surface area (Å²) in [4.78, 5) is 18.3. The Morgan fingerprint density at radius 3 is 2.78 bits per heavy atom. The van der Waals surface area contributed by atoms with Crippen molar-refractivity contribution >= 4 is 5.91 Å². The van der Waals surface area contributed by atoms with E-state index in [9.17, 15) is 4.79 Å². The van der Waals surface area contributed by atoms with Gasteiger partial charge in [-0.05, 0) is 37.5 Å². The lowest BCUT2D eigenvalue weighted by atomic mass is 9.97. The van der Waals surface area contributed by atoms with Crippen molar-refractivity contribution in [3.63, 3.8) is 0 Å². The second-order valence-electron chi connectivity index (χ2n) is 5.85. The molecule has 0 aliphatic carbocycles. The monoisotopic (exact) mass is 315 g/mol. The van der Waals surface area contributed by atoms with E-state index in [1.165, 1.54) is 5.56 Å². The Balaban J connectivity index is 1.60. The quantitative estimate of drug-likeness (QED) is 0.847. The third kappa shape index (κ3) is 3.70. The molecule has 1 atom stereocenters. The molecule has 1 fully saturated rings. The molecule has 122 valence electrons. The number of hydrogen-bond donors (Lipinski definition) is 0. The molecule has 1 saturated heterocycles. The van der Waals surface area contributed by atoms with E-state index in [-0.39, 0.29) is 11.8 Å². The van der Waals surface area contributed by atoms with Gasteiger partial charge in [-0.1, -0.05) is 17.3 Å². The Morgan fingerprint density at radius 2 is 2.13 bits per heavy atom. The number of carbonyl (C=O) groups is 1. The number of piperidine rings is 1. The van der Waals surface area contributed by atoms with Crippen LogP contribution in [0.2, 0.25) is 0 Å². The highest BCUT2D eigenvalue weighted by atomic mass is 16.5. The van der Waals surface area contributed by atoms with Crippen molar-refractivity contribution < 1.29 is 14.1 Å². The fourth-order valence-electron chi connectivity index (χ4n) is 2.87. The summed E-state index contributed by atoms with van der Waals surface area (Å²) >= 11 is 0. The lowest BCUT2D eigenvalue weighted by Gasteiger charge is -2.31. The van der Waals surface area contributed by atoms with Crippen molar-refractivity contribution in [1.29, 1.82) is 0 Å². The molecule has 1 amide bonds. The van der Waals surface area contributed by atoms with Gasteiger partial charge in [0.2, 0.25) is 11.8 Å². The zero-order valence-corrected chi connectivity index (χ0v) is 13.5. The van der Waals surface area contributed by atoms with Crippen LogP contribution in [0.25, 0.3) is 0 Å². The van der Waals surface area contributed by atoms with Crippen LogP contribution < -0.4 is 4.74 Å². The number of aryl methyl sites for hydroxylation is 1. The zero-order valence-electron chi connectivity index (χ0n) is 13.5. The maximum absolute atomic E-state index is 12.1. The van der Waals surface area contributed by atoms with Crippen molar-refractivity contribution in [2.45, 2.75) is 32.1 Å². The number of ether oxygens (including phenoxy) is 1. The van der Waals surface area contributed by atoms with E-state index in [2.05, 4.69) is 10.1 Å². The Kier molecular flexibility index (Phi) is 4.60. The highest BCUT2D eigenvalue weighted by Gasteiger charge is 2.29. The minimum Gasteiger partial charge on any atom is -0.497 e. The standard InChI is InChI=1S/C17H21N3O3/c1-12-18-17(23-19-12)14-5-8-16(21)20(11-14)10-9-13-3-6-15(22-2)7-4-13/h3-4,6-7,14H,5,8-11H2,1-2H3. The van der Waals surface area contributed by atoms with Crippen LogP contribution in [0, 0.1) is 6.92 Å². The van der Waals surface area contributed by atoms with Gasteiger partial charge < -0.3 is 14.2 Å². The van der Waals surface area contributed by atoms with E-state index in [0.29, 0.717) is 31.2 Å². The molecule has 0 saturated carbocycles. The fraction of sp³-hybridized carbons (Fsp3) is 0.471. The van der Waals surface area contributed by atoms with Crippen LogP contribution in [0.4, 0.5) is 0 Å². The summed E-state index contributed by atoms with van der Waals surface area (Å²) in [6.07, 6.45) is 2.14. The average molecular weight is 315 g/mol. The molecule has 1 aromatic carbocycles. The van der Waals surface area contributed by atoms with Crippen LogP contribution in [0.15, 0.2) is 28.8 Å². The topological polar surface area (TPSA) is 68.5 Å². The van der Waals surface area contributed by atoms with Gasteiger partial charge >= 0.3 is 0 Å². The van der Waals surface area contributed by atoms with E-state index < -0.39 is 0 Å². The maximum Gasteiger partial charge on any atom is 0.231 e. The van der Waals surface area contributed by atoms with Crippen LogP contribution in [-0.2, 0) is 11.2 Å². The lowest BCUT2D eigenvalue weighted by Crippen LogP contribution is -2.40. The number of methoxy groups -OCH3 is 1. The molecule has 2 aromatic rings. The Bertz CT molecular complexity index is 666. The zero-order chi connectivity index (χ0) is 16.2. The van der Waals surface area contributed by atoms with Gasteiger partial charge in [-0.15, -0.1) is 0 Å². The van der Waals surface area contributed by atoms with Crippen molar-refractivity contribution in [2.24, 2.45) is 0 Å². The summed E-state index contributed by atoms with van der Waals surface area (Å²) in [5, 5.41) is 3.84. The molecule has 1 unspecified atom stereocenters. The van der Waals surface area contributed by atoms with Gasteiger partial charge in [0.05, 0.1) is 13.0 Å². The molecule has 0 bridgehead atoms. The SMILES string of the molecule is COc1ccc(CCN2CC(c3nc(C)no3)CCC2=O)cc1. The third-order valence-electron chi connectivity index (χ3n) is 4.22. The molecule has 0 radical (unpaired) electrons. The number of amides is 1. The summed E-state index contributed by atoms with van der Waals surface area (Å²) in [5.41, 5.74) is 1.19. The number of likely N-dealkylation sites (tertiary alicyclic amines) is 1. The van der Waals surface area contributed by atoms with Gasteiger partial charge in [-0.25, -0.2) is 0 Å². The van der Waals surface area contributed by atoms with Crippen LogP contribution >= 0.6 is 0 Å². The summed E-state index contributed by atoms with van der Waals surface area (Å²) in [6.45, 7) is 3.16. The molecular weight excluding hydrogens is 294 g/mol. The molecule has 23 heavy (non-hydrogen) atoms. The van der Waals surface area contributed by atoms with Gasteiger partial charge in [0, 0.05) is 19.5 Å². The molecule has 1 aliphatic heterocycles. The van der Waals surface area contributed by atoms with E-state index in [1.54, 1.807) is 7.11 Å². The minimum atomic E-state index is 0.143. The minimum absolute atomic E-state index is 0.143. The molecule has 2 heterocycles. The van der Waals surface area contributed by atoms with Crippen molar-refractivity contribution in [3.05, 3.63) is 41.5 Å². The van der Waals surface area contributed by atoms with E-state index in [0.717, 1.165) is 18.6 Å². The number of aromatic nitrogens is 2. The van der Waals surface area contributed by atoms with Gasteiger partial charge in [0.15, 0.2) is 5.82 Å². The van der Waals surface area contributed by atoms with Crippen LogP contribution in [0.1, 0.15) is 36.0 Å². The highest BCUT2D eigenvalue weighted by molar-refractivity contribution is 5.77. The maximum atomic E-state index is 12.1. The smallest absolute Gasteiger partial charge is 0.231 e. The van der Waals surface area contributed by atoms with E-state index in [4.69, 9.17) is 9.26 Å². The first-order valence-corrected chi connectivity index (χ1v) is 7.86. The first-order chi connectivity index (χ1) is 11.2. The number of hydrogen-bond acceptors (Lipinski definition) is 5. The molecule has 3 rings (SSSR count). The second kappa shape index (κ2) is 6.81. The first kappa shape index (κ1) is 15.5. The molecule has 6 heteroatoms. The third-order valence-corrected chi connectivity index (χ3v) is 4.22. The Morgan fingerprint density at radius 1 is 1.35 bits per heavy atom. The predicted octanol–water partition coefficient (Wildman–Crippen LogP) is 2.34. The summed E-state index contributed by atoms with van der Waals surface area (Å²) in [6, 6.07) is 7.95. The number of carbonyl (C=O) groups excluding carboxylic acids is 1. The molecule has 0 spiro atoms. The van der Waals surface area contributed by atoms with Gasteiger partial charge in [-0.2, -0.15) is 4.98 Å². The van der Waals surface area contributed by atoms with Crippen LogP contribution in [-0.4, -0.2) is 41.1 Å². The van der Waals surface area contributed by atoms with E-state index >= 15 is 0 Å². The van der Waals surface area contributed by atoms with Crippen LogP contribution in [0.5, 0.6) is 5.75 Å². The molecule has 0 N–H and O–H groups in total. The van der Waals surface area contributed by atoms with Gasteiger partial charge in [0.1, 0.15) is 5.75 Å². The first-order valence-electron chi connectivity index (χ1n) is 7.86. The number of rotatable bonds is 5. The average Bonchev–Trinajstić information content (AvgIpc) is 3.01. The van der Waals surface area contributed by atoms with Crippen LogP contribution in [0.3, 0.4) is 0 Å². The molecule has 1 aromatic heterocycles. The fourth-order valence-corrected chi connectivity index (χ4v) is 2.87.